The van der Waals surface area contributed by atoms with Crippen molar-refractivity contribution in [2.75, 3.05) is 13.7 Å². The molecule has 1 heterocycles. The van der Waals surface area contributed by atoms with Crippen molar-refractivity contribution in [3.63, 3.8) is 0 Å². The summed E-state index contributed by atoms with van der Waals surface area (Å²) >= 11 is 0. The van der Waals surface area contributed by atoms with E-state index in [-0.39, 0.29) is 6.61 Å². The molecule has 1 saturated heterocycles. The molecule has 2 N–H and O–H groups in total. The number of rotatable bonds is 3. The molecule has 0 aromatic rings. The second-order valence-corrected chi connectivity index (χ2v) is 2.91. The quantitative estimate of drug-likeness (QED) is 0.572. The minimum Gasteiger partial charge on any atom is -0.390 e. The van der Waals surface area contributed by atoms with Crippen molar-refractivity contribution < 1.29 is 19.7 Å². The highest BCUT2D eigenvalue weighted by Gasteiger charge is 2.38. The first-order valence-electron chi connectivity index (χ1n) is 4.03. The fraction of sp³-hybridized carbons (Fsp3) is 1.00. The molecule has 1 aliphatic rings. The van der Waals surface area contributed by atoms with Gasteiger partial charge in [-0.05, 0) is 11.6 Å². The zero-order valence-corrected chi connectivity index (χ0v) is 7.29. The van der Waals surface area contributed by atoms with Gasteiger partial charge in [0, 0.05) is 13.7 Å². The molecule has 0 aromatic carbocycles. The molecule has 0 aromatic heterocycles. The molecule has 1 aliphatic heterocycles. The summed E-state index contributed by atoms with van der Waals surface area (Å²) < 4.78 is 9.98. The van der Waals surface area contributed by atoms with E-state index in [9.17, 15) is 10.0 Å². The maximum Gasteiger partial charge on any atom is 0.216 e. The number of aliphatic hydroxyl groups is 2. The molecular weight excluding hydrogens is 178 g/mol. The molecule has 6 heteroatoms. The zero-order valence-electron chi connectivity index (χ0n) is 7.29. The predicted octanol–water partition coefficient (Wildman–Crippen LogP) is -0.764. The summed E-state index contributed by atoms with van der Waals surface area (Å²) in [5, 5.41) is 21.0. The van der Waals surface area contributed by atoms with Crippen LogP contribution in [0.2, 0.25) is 0 Å². The van der Waals surface area contributed by atoms with E-state index >= 15 is 0 Å². The van der Waals surface area contributed by atoms with Gasteiger partial charge in [-0.2, -0.15) is 0 Å². The van der Waals surface area contributed by atoms with Crippen LogP contribution in [-0.4, -0.2) is 48.5 Å². The van der Waals surface area contributed by atoms with Gasteiger partial charge < -0.3 is 19.7 Å². The lowest BCUT2D eigenvalue weighted by Gasteiger charge is -2.34. The van der Waals surface area contributed by atoms with Gasteiger partial charge in [0.2, 0.25) is 6.23 Å². The largest absolute Gasteiger partial charge is 0.390 e. The van der Waals surface area contributed by atoms with Crippen molar-refractivity contribution in [3.05, 3.63) is 4.91 Å². The van der Waals surface area contributed by atoms with Crippen LogP contribution in [0.4, 0.5) is 0 Å². The molecule has 0 aliphatic carbocycles. The van der Waals surface area contributed by atoms with Gasteiger partial charge in [-0.25, -0.2) is 0 Å². The van der Waals surface area contributed by atoms with Gasteiger partial charge >= 0.3 is 0 Å². The first-order chi connectivity index (χ1) is 6.20. The third-order valence-corrected chi connectivity index (χ3v) is 2.10. The first kappa shape index (κ1) is 10.5. The van der Waals surface area contributed by atoms with E-state index < -0.39 is 24.5 Å². The van der Waals surface area contributed by atoms with E-state index in [1.54, 1.807) is 0 Å². The van der Waals surface area contributed by atoms with Crippen LogP contribution in [0.15, 0.2) is 5.18 Å². The highest BCUT2D eigenvalue weighted by molar-refractivity contribution is 4.85. The Morgan fingerprint density at radius 1 is 1.69 bits per heavy atom. The number of methoxy groups -OCH3 is 1. The van der Waals surface area contributed by atoms with Gasteiger partial charge in [-0.3, -0.25) is 0 Å². The summed E-state index contributed by atoms with van der Waals surface area (Å²) in [5.41, 5.74) is 0. The Morgan fingerprint density at radius 2 is 2.38 bits per heavy atom. The van der Waals surface area contributed by atoms with Crippen molar-refractivity contribution in [1.29, 1.82) is 0 Å². The third-order valence-electron chi connectivity index (χ3n) is 2.10. The molecule has 4 atom stereocenters. The van der Waals surface area contributed by atoms with Crippen LogP contribution in [0.25, 0.3) is 0 Å². The molecule has 1 rings (SSSR count). The summed E-state index contributed by atoms with van der Waals surface area (Å²) in [6.07, 6.45) is -3.34. The molecule has 1 fully saturated rings. The minimum atomic E-state index is -1.49. The molecule has 13 heavy (non-hydrogen) atoms. The standard InChI is InChI=1S/C7H13NO5/c1-12-5-4(9)2-3-13-6(5)7(10)8-11/h4-7,9-10H,2-3H2,1H3/t4-,5+,6+,7?/m1/s1. The van der Waals surface area contributed by atoms with E-state index in [4.69, 9.17) is 14.6 Å². The SMILES string of the molecule is CO[C@H]1[C@H](O)CCO[C@@H]1C(O)N=O. The second-order valence-electron chi connectivity index (χ2n) is 2.91. The number of hydrogen-bond donors (Lipinski definition) is 2. The van der Waals surface area contributed by atoms with Crippen LogP contribution >= 0.6 is 0 Å². The highest BCUT2D eigenvalue weighted by atomic mass is 16.6. The van der Waals surface area contributed by atoms with Crippen LogP contribution in [0, 0.1) is 4.91 Å². The fourth-order valence-corrected chi connectivity index (χ4v) is 1.41. The average Bonchev–Trinajstić information content (AvgIpc) is 2.16. The first-order valence-corrected chi connectivity index (χ1v) is 4.03. The Labute approximate surface area is 75.4 Å². The Balaban J connectivity index is 2.63. The number of hydrogen-bond acceptors (Lipinski definition) is 6. The van der Waals surface area contributed by atoms with E-state index in [2.05, 4.69) is 5.18 Å². The summed E-state index contributed by atoms with van der Waals surface area (Å²) in [5.74, 6) is 0. The average molecular weight is 191 g/mol. The van der Waals surface area contributed by atoms with Crippen LogP contribution in [0.1, 0.15) is 6.42 Å². The van der Waals surface area contributed by atoms with Crippen LogP contribution in [-0.2, 0) is 9.47 Å². The molecule has 0 radical (unpaired) electrons. The lowest BCUT2D eigenvalue weighted by molar-refractivity contribution is -0.179. The van der Waals surface area contributed by atoms with E-state index in [0.29, 0.717) is 6.42 Å². The van der Waals surface area contributed by atoms with Gasteiger partial charge in [0.05, 0.1) is 6.10 Å². The van der Waals surface area contributed by atoms with Gasteiger partial charge in [-0.15, -0.1) is 4.91 Å². The van der Waals surface area contributed by atoms with Crippen molar-refractivity contribution in [3.8, 4) is 0 Å². The van der Waals surface area contributed by atoms with Gasteiger partial charge in [-0.1, -0.05) is 0 Å². The smallest absolute Gasteiger partial charge is 0.216 e. The fourth-order valence-electron chi connectivity index (χ4n) is 1.41. The lowest BCUT2D eigenvalue weighted by Crippen LogP contribution is -2.50. The van der Waals surface area contributed by atoms with Crippen molar-refractivity contribution in [2.24, 2.45) is 5.18 Å². The van der Waals surface area contributed by atoms with Gasteiger partial charge in [0.1, 0.15) is 12.2 Å². The highest BCUT2D eigenvalue weighted by Crippen LogP contribution is 2.20. The van der Waals surface area contributed by atoms with E-state index in [1.165, 1.54) is 7.11 Å². The summed E-state index contributed by atoms with van der Waals surface area (Å²) in [6, 6.07) is 0. The second kappa shape index (κ2) is 4.61. The number of aliphatic hydroxyl groups excluding tert-OH is 2. The zero-order chi connectivity index (χ0) is 9.84. The molecule has 0 saturated carbocycles. The van der Waals surface area contributed by atoms with Crippen LogP contribution < -0.4 is 0 Å². The number of nitrogens with zero attached hydrogens (tertiary/aromatic N) is 1. The maximum atomic E-state index is 10.1. The van der Waals surface area contributed by atoms with E-state index in [1.807, 2.05) is 0 Å². The van der Waals surface area contributed by atoms with E-state index in [0.717, 1.165) is 0 Å². The Hall–Kier alpha value is -0.560. The summed E-state index contributed by atoms with van der Waals surface area (Å²) in [7, 11) is 1.38. The molecule has 0 bridgehead atoms. The van der Waals surface area contributed by atoms with Crippen molar-refractivity contribution in [1.82, 2.24) is 0 Å². The normalized spacial score (nSPS) is 37.0. The molecule has 6 nitrogen and oxygen atoms in total. The molecule has 1 unspecified atom stereocenters. The molecule has 76 valence electrons. The minimum absolute atomic E-state index is 0.290. The maximum absolute atomic E-state index is 10.1. The predicted molar refractivity (Wildman–Crippen MR) is 43.0 cm³/mol. The van der Waals surface area contributed by atoms with Gasteiger partial charge in [0.15, 0.2) is 0 Å². The molecule has 0 spiro atoms. The monoisotopic (exact) mass is 191 g/mol. The summed E-state index contributed by atoms with van der Waals surface area (Å²) in [6.45, 7) is 0.290. The van der Waals surface area contributed by atoms with Crippen molar-refractivity contribution >= 4 is 0 Å². The number of ether oxygens (including phenoxy) is 2. The summed E-state index contributed by atoms with van der Waals surface area (Å²) in [4.78, 5) is 10.1. The lowest BCUT2D eigenvalue weighted by atomic mass is 10.0. The topological polar surface area (TPSA) is 88.3 Å². The number of nitroso groups, excluding NO2 is 1. The van der Waals surface area contributed by atoms with Gasteiger partial charge in [0.25, 0.3) is 0 Å². The van der Waals surface area contributed by atoms with Crippen LogP contribution in [0.3, 0.4) is 0 Å². The Morgan fingerprint density at radius 3 is 2.92 bits per heavy atom. The molecule has 0 amide bonds. The molecular formula is C7H13NO5. The Bertz CT molecular complexity index is 176. The third kappa shape index (κ3) is 2.22. The Kier molecular flexibility index (Phi) is 3.73. The van der Waals surface area contributed by atoms with Crippen LogP contribution in [0.5, 0.6) is 0 Å². The van der Waals surface area contributed by atoms with Crippen molar-refractivity contribution in [2.45, 2.75) is 31.0 Å².